The molecule has 0 aliphatic carbocycles. The number of sulfonamides is 1. The molecule has 8 nitrogen and oxygen atoms in total. The maximum Gasteiger partial charge on any atom is 0.246 e. The van der Waals surface area contributed by atoms with Crippen molar-refractivity contribution in [3.8, 4) is 0 Å². The maximum atomic E-state index is 14.2. The second-order valence-electron chi connectivity index (χ2n) is 8.26. The van der Waals surface area contributed by atoms with Gasteiger partial charge >= 0.3 is 0 Å². The summed E-state index contributed by atoms with van der Waals surface area (Å²) in [6.07, 6.45) is 6.15. The van der Waals surface area contributed by atoms with Crippen LogP contribution in [0.1, 0.15) is 30.0 Å². The molecule has 0 amide bonds. The zero-order chi connectivity index (χ0) is 24.6. The third-order valence-electron chi connectivity index (χ3n) is 6.03. The van der Waals surface area contributed by atoms with Gasteiger partial charge in [-0.3, -0.25) is 4.98 Å². The third-order valence-corrected chi connectivity index (χ3v) is 8.50. The molecule has 12 heteroatoms. The molecular weight excluding hydrogens is 542 g/mol. The van der Waals surface area contributed by atoms with Gasteiger partial charge in [0, 0.05) is 49.7 Å². The Morgan fingerprint density at radius 3 is 2.66 bits per heavy atom. The fourth-order valence-corrected chi connectivity index (χ4v) is 6.08. The van der Waals surface area contributed by atoms with Gasteiger partial charge in [0.25, 0.3) is 0 Å². The van der Waals surface area contributed by atoms with E-state index in [0.29, 0.717) is 25.0 Å². The number of piperidine rings is 1. The summed E-state index contributed by atoms with van der Waals surface area (Å²) in [7, 11) is -4.14. The van der Waals surface area contributed by atoms with Gasteiger partial charge in [-0.1, -0.05) is 6.07 Å². The summed E-state index contributed by atoms with van der Waals surface area (Å²) < 4.78 is 57.3. The van der Waals surface area contributed by atoms with E-state index in [0.717, 1.165) is 39.7 Å². The highest BCUT2D eigenvalue weighted by molar-refractivity contribution is 9.10. The van der Waals surface area contributed by atoms with E-state index < -0.39 is 26.6 Å². The van der Waals surface area contributed by atoms with E-state index >= 15 is 0 Å². The monoisotopic (exact) mass is 562 g/mol. The first-order valence-electron chi connectivity index (χ1n) is 10.9. The van der Waals surface area contributed by atoms with Gasteiger partial charge in [-0.2, -0.15) is 13.9 Å². The van der Waals surface area contributed by atoms with Crippen molar-refractivity contribution >= 4 is 37.4 Å². The Bertz CT molecular complexity index is 1470. The standard InChI is InChI=1S/C23H21BrF2N6O2S/c24-18-14-29-32-22(28-13-15-2-1-7-27-12-15)11-20(30-23(18)32)16-5-8-31(9-6-16)35(33,34)21-10-17(25)3-4-19(21)26/h1-4,7,10-12,14,16,28H,5-6,8-9,13H2. The Morgan fingerprint density at radius 1 is 1.11 bits per heavy atom. The van der Waals surface area contributed by atoms with E-state index in [1.807, 2.05) is 18.2 Å². The van der Waals surface area contributed by atoms with E-state index in [1.165, 1.54) is 4.31 Å². The predicted octanol–water partition coefficient (Wildman–Crippen LogP) is 4.35. The molecule has 1 aliphatic heterocycles. The van der Waals surface area contributed by atoms with Crippen molar-refractivity contribution in [2.75, 3.05) is 18.4 Å². The number of aromatic nitrogens is 4. The van der Waals surface area contributed by atoms with Crippen molar-refractivity contribution in [1.82, 2.24) is 23.9 Å². The Hall–Kier alpha value is -2.96. The summed E-state index contributed by atoms with van der Waals surface area (Å²) in [5.41, 5.74) is 2.46. The third kappa shape index (κ3) is 4.78. The van der Waals surface area contributed by atoms with E-state index in [4.69, 9.17) is 4.98 Å². The minimum absolute atomic E-state index is 0.00968. The van der Waals surface area contributed by atoms with E-state index in [1.54, 1.807) is 23.1 Å². The number of fused-ring (bicyclic) bond motifs is 1. The van der Waals surface area contributed by atoms with Crippen LogP contribution in [0.3, 0.4) is 0 Å². The first kappa shape index (κ1) is 23.8. The molecule has 0 radical (unpaired) electrons. The second kappa shape index (κ2) is 9.59. The number of pyridine rings is 1. The zero-order valence-electron chi connectivity index (χ0n) is 18.4. The highest BCUT2D eigenvalue weighted by Gasteiger charge is 2.33. The number of anilines is 1. The molecule has 1 aliphatic rings. The first-order chi connectivity index (χ1) is 16.8. The minimum atomic E-state index is -4.14. The van der Waals surface area contributed by atoms with Crippen molar-refractivity contribution in [3.63, 3.8) is 0 Å². The smallest absolute Gasteiger partial charge is 0.246 e. The number of rotatable bonds is 6. The summed E-state index contributed by atoms with van der Waals surface area (Å²) in [5, 5.41) is 7.76. The lowest BCUT2D eigenvalue weighted by Gasteiger charge is -2.31. The van der Waals surface area contributed by atoms with Crippen LogP contribution in [-0.2, 0) is 16.6 Å². The average molecular weight is 563 g/mol. The van der Waals surface area contributed by atoms with E-state index in [-0.39, 0.29) is 19.0 Å². The van der Waals surface area contributed by atoms with Gasteiger partial charge in [-0.25, -0.2) is 22.2 Å². The zero-order valence-corrected chi connectivity index (χ0v) is 20.8. The number of hydrogen-bond acceptors (Lipinski definition) is 6. The van der Waals surface area contributed by atoms with Crippen LogP contribution in [-0.4, -0.2) is 45.4 Å². The summed E-state index contributed by atoms with van der Waals surface area (Å²) >= 11 is 3.49. The van der Waals surface area contributed by atoms with Gasteiger partial charge in [0.1, 0.15) is 22.3 Å². The van der Waals surface area contributed by atoms with Crippen LogP contribution in [0.25, 0.3) is 5.65 Å². The molecule has 0 spiro atoms. The molecule has 3 aromatic heterocycles. The molecule has 5 rings (SSSR count). The normalized spacial score (nSPS) is 15.5. The minimum Gasteiger partial charge on any atom is -0.366 e. The lowest BCUT2D eigenvalue weighted by Crippen LogP contribution is -2.38. The molecule has 1 N–H and O–H groups in total. The summed E-state index contributed by atoms with van der Waals surface area (Å²) in [4.78, 5) is 8.26. The average Bonchev–Trinajstić information content (AvgIpc) is 3.25. The Labute approximate surface area is 209 Å². The maximum absolute atomic E-state index is 14.2. The van der Waals surface area contributed by atoms with Crippen molar-refractivity contribution < 1.29 is 17.2 Å². The van der Waals surface area contributed by atoms with Crippen LogP contribution in [0.15, 0.2) is 64.4 Å². The van der Waals surface area contributed by atoms with Crippen molar-refractivity contribution in [2.45, 2.75) is 30.2 Å². The lowest BCUT2D eigenvalue weighted by molar-refractivity contribution is 0.315. The SMILES string of the molecule is O=S(=O)(c1cc(F)ccc1F)N1CCC(c2cc(NCc3cccnc3)n3ncc(Br)c3n2)CC1. The van der Waals surface area contributed by atoms with E-state index in [2.05, 4.69) is 31.3 Å². The highest BCUT2D eigenvalue weighted by Crippen LogP contribution is 2.33. The molecule has 1 fully saturated rings. The van der Waals surface area contributed by atoms with Gasteiger partial charge in [-0.15, -0.1) is 0 Å². The number of hydrogen-bond donors (Lipinski definition) is 1. The molecule has 0 saturated carbocycles. The van der Waals surface area contributed by atoms with Gasteiger partial charge < -0.3 is 5.32 Å². The lowest BCUT2D eigenvalue weighted by atomic mass is 9.94. The molecule has 4 aromatic rings. The van der Waals surface area contributed by atoms with Crippen LogP contribution >= 0.6 is 15.9 Å². The molecular formula is C23H21BrF2N6O2S. The first-order valence-corrected chi connectivity index (χ1v) is 13.2. The predicted molar refractivity (Wildman–Crippen MR) is 129 cm³/mol. The topological polar surface area (TPSA) is 92.5 Å². The molecule has 1 saturated heterocycles. The van der Waals surface area contributed by atoms with Crippen LogP contribution < -0.4 is 5.32 Å². The van der Waals surface area contributed by atoms with E-state index in [9.17, 15) is 17.2 Å². The molecule has 0 unspecified atom stereocenters. The summed E-state index contributed by atoms with van der Waals surface area (Å²) in [6, 6.07) is 8.21. The molecule has 1 aromatic carbocycles. The largest absolute Gasteiger partial charge is 0.366 e. The van der Waals surface area contributed by atoms with Crippen LogP contribution in [0, 0.1) is 11.6 Å². The van der Waals surface area contributed by atoms with Crippen molar-refractivity contribution in [1.29, 1.82) is 0 Å². The molecule has 0 atom stereocenters. The number of benzene rings is 1. The van der Waals surface area contributed by atoms with Crippen LogP contribution in [0.4, 0.5) is 14.6 Å². The number of nitrogens with one attached hydrogen (secondary N) is 1. The number of halogens is 3. The summed E-state index contributed by atoms with van der Waals surface area (Å²) in [5.74, 6) is -1.02. The summed E-state index contributed by atoms with van der Waals surface area (Å²) in [6.45, 7) is 0.892. The fraction of sp³-hybridized carbons (Fsp3) is 0.261. The van der Waals surface area contributed by atoms with Gasteiger partial charge in [-0.05, 0) is 58.6 Å². The van der Waals surface area contributed by atoms with Crippen LogP contribution in [0.5, 0.6) is 0 Å². The molecule has 4 heterocycles. The fourth-order valence-electron chi connectivity index (χ4n) is 4.19. The Balaban J connectivity index is 1.37. The highest BCUT2D eigenvalue weighted by atomic mass is 79.9. The van der Waals surface area contributed by atoms with Crippen LogP contribution in [0.2, 0.25) is 0 Å². The Morgan fingerprint density at radius 2 is 1.91 bits per heavy atom. The molecule has 182 valence electrons. The second-order valence-corrected chi connectivity index (χ2v) is 11.0. The van der Waals surface area contributed by atoms with Gasteiger partial charge in [0.15, 0.2) is 5.65 Å². The van der Waals surface area contributed by atoms with Crippen molar-refractivity contribution in [3.05, 3.63) is 82.4 Å². The molecule has 35 heavy (non-hydrogen) atoms. The molecule has 0 bridgehead atoms. The quantitative estimate of drug-likeness (QED) is 0.375. The number of nitrogens with zero attached hydrogens (tertiary/aromatic N) is 5. The van der Waals surface area contributed by atoms with Crippen molar-refractivity contribution in [2.24, 2.45) is 0 Å². The Kier molecular flexibility index (Phi) is 6.51. The van der Waals surface area contributed by atoms with Gasteiger partial charge in [0.05, 0.1) is 10.7 Å². The van der Waals surface area contributed by atoms with Gasteiger partial charge in [0.2, 0.25) is 10.0 Å².